The molecule has 4 heteroatoms. The zero-order chi connectivity index (χ0) is 15.7. The summed E-state index contributed by atoms with van der Waals surface area (Å²) < 4.78 is 7.46. The van der Waals surface area contributed by atoms with E-state index in [4.69, 9.17) is 10.8 Å². The predicted octanol–water partition coefficient (Wildman–Crippen LogP) is 5.33. The van der Waals surface area contributed by atoms with Crippen molar-refractivity contribution in [3.63, 3.8) is 0 Å². The van der Waals surface area contributed by atoms with Gasteiger partial charge in [-0.3, -0.25) is 0 Å². The lowest BCUT2D eigenvalue weighted by molar-refractivity contribution is 0.493. The molecule has 0 radical (unpaired) electrons. The van der Waals surface area contributed by atoms with Gasteiger partial charge in [-0.1, -0.05) is 26.7 Å². The van der Waals surface area contributed by atoms with Gasteiger partial charge in [0.15, 0.2) is 0 Å². The van der Waals surface area contributed by atoms with Gasteiger partial charge in [-0.2, -0.15) is 0 Å². The van der Waals surface area contributed by atoms with Crippen LogP contribution in [0.5, 0.6) is 5.75 Å². The predicted molar refractivity (Wildman–Crippen MR) is 95.3 cm³/mol. The molecule has 110 valence electrons. The summed E-state index contributed by atoms with van der Waals surface area (Å²) in [5.41, 5.74) is 0.985. The maximum Gasteiger partial charge on any atom is 0.250 e. The molecule has 2 nitrogen and oxygen atoms in total. The molecule has 1 heterocycles. The fourth-order valence-corrected chi connectivity index (χ4v) is 3.55. The Morgan fingerprint density at radius 1 is 1.33 bits per heavy atom. The van der Waals surface area contributed by atoms with Crippen molar-refractivity contribution in [2.75, 3.05) is 0 Å². The molecule has 0 unspecified atom stereocenters. The van der Waals surface area contributed by atoms with Crippen LogP contribution in [0.15, 0.2) is 24.3 Å². The number of aromatic nitrogens is 1. The number of allylic oxidation sites excluding steroid dienone is 1. The van der Waals surface area contributed by atoms with Crippen LogP contribution in [0, 0.1) is 12.3 Å². The second-order valence-electron chi connectivity index (χ2n) is 6.54. The lowest BCUT2D eigenvalue weighted by Crippen LogP contribution is -2.43. The fraction of sp³-hybridized carbons (Fsp3) is 0.353. The Hall–Kier alpha value is -1.57. The van der Waals surface area contributed by atoms with Gasteiger partial charge in [-0.05, 0) is 48.5 Å². The van der Waals surface area contributed by atoms with Gasteiger partial charge in [0.1, 0.15) is 10.8 Å². The summed E-state index contributed by atoms with van der Waals surface area (Å²) in [5, 5.41) is 1.11. The van der Waals surface area contributed by atoms with Gasteiger partial charge in [-0.15, -0.1) is 17.8 Å². The molecule has 0 aliphatic carbocycles. The summed E-state index contributed by atoms with van der Waals surface area (Å²) in [4.78, 5) is 4.53. The minimum Gasteiger partial charge on any atom is -0.543 e. The second kappa shape index (κ2) is 5.67. The average Bonchev–Trinajstić information content (AvgIpc) is 2.76. The number of nitrogens with zero attached hydrogens (tertiary/aromatic N) is 1. The Balaban J connectivity index is 2.31. The molecule has 0 spiro atoms. The Bertz CT molecular complexity index is 716. The van der Waals surface area contributed by atoms with E-state index in [-0.39, 0.29) is 5.04 Å². The van der Waals surface area contributed by atoms with Gasteiger partial charge in [0.2, 0.25) is 8.32 Å². The summed E-state index contributed by atoms with van der Waals surface area (Å²) in [6.07, 6.45) is 8.76. The third-order valence-electron chi connectivity index (χ3n) is 3.88. The van der Waals surface area contributed by atoms with E-state index in [0.717, 1.165) is 21.0 Å². The van der Waals surface area contributed by atoms with E-state index in [1.165, 1.54) is 0 Å². The first kappa shape index (κ1) is 15.8. The molecule has 21 heavy (non-hydrogen) atoms. The van der Waals surface area contributed by atoms with Crippen molar-refractivity contribution in [2.45, 2.75) is 38.9 Å². The molecule has 0 bridgehead atoms. The molecule has 0 fully saturated rings. The largest absolute Gasteiger partial charge is 0.543 e. The highest BCUT2D eigenvalue weighted by Crippen LogP contribution is 2.38. The molecule has 2 rings (SSSR count). The number of hydrogen-bond donors (Lipinski definition) is 0. The van der Waals surface area contributed by atoms with Gasteiger partial charge < -0.3 is 4.43 Å². The van der Waals surface area contributed by atoms with Crippen LogP contribution in [-0.4, -0.2) is 13.3 Å². The van der Waals surface area contributed by atoms with E-state index < -0.39 is 8.32 Å². The molecule has 0 aliphatic heterocycles. The Kier molecular flexibility index (Phi) is 4.27. The normalized spacial score (nSPS) is 12.8. The molecule has 1 aromatic carbocycles. The first-order chi connectivity index (χ1) is 9.73. The van der Waals surface area contributed by atoms with Gasteiger partial charge in [0, 0.05) is 0 Å². The van der Waals surface area contributed by atoms with E-state index in [1.54, 1.807) is 17.4 Å². The zero-order valence-electron chi connectivity index (χ0n) is 13.2. The van der Waals surface area contributed by atoms with Crippen molar-refractivity contribution >= 4 is 35.9 Å². The monoisotopic (exact) mass is 315 g/mol. The standard InChI is InChI=1S/C17H21NOSSi/c1-7-8-9-16-18-14-11-10-13(12-15(14)20-16)19-21(5,6)17(2,3)4/h1,8-12H,2-6H3. The van der Waals surface area contributed by atoms with Crippen molar-refractivity contribution in [3.05, 3.63) is 29.3 Å². The smallest absolute Gasteiger partial charge is 0.250 e. The summed E-state index contributed by atoms with van der Waals surface area (Å²) in [6, 6.07) is 6.11. The molecular formula is C17H21NOSSi. The van der Waals surface area contributed by atoms with Crippen LogP contribution in [0.3, 0.4) is 0 Å². The average molecular weight is 316 g/mol. The third kappa shape index (κ3) is 3.55. The fourth-order valence-electron chi connectivity index (χ4n) is 1.62. The highest BCUT2D eigenvalue weighted by Gasteiger charge is 2.38. The maximum atomic E-state index is 6.33. The third-order valence-corrected chi connectivity index (χ3v) is 9.22. The number of thiazole rings is 1. The molecule has 0 saturated heterocycles. The second-order valence-corrected chi connectivity index (χ2v) is 12.3. The molecule has 0 N–H and O–H groups in total. The van der Waals surface area contributed by atoms with Crippen molar-refractivity contribution in [1.82, 2.24) is 4.98 Å². The molecule has 0 amide bonds. The summed E-state index contributed by atoms with van der Waals surface area (Å²) >= 11 is 1.63. The number of hydrogen-bond acceptors (Lipinski definition) is 3. The SMILES string of the molecule is C#CC=Cc1nc2ccc(O[Si](C)(C)C(C)(C)C)cc2s1. The molecule has 0 atom stereocenters. The minimum atomic E-state index is -1.80. The molecule has 0 aliphatic rings. The summed E-state index contributed by atoms with van der Waals surface area (Å²) in [7, 11) is -1.80. The van der Waals surface area contributed by atoms with Crippen LogP contribution in [0.25, 0.3) is 16.3 Å². The van der Waals surface area contributed by atoms with E-state index in [9.17, 15) is 0 Å². The Morgan fingerprint density at radius 3 is 2.67 bits per heavy atom. The van der Waals surface area contributed by atoms with Crippen LogP contribution in [0.4, 0.5) is 0 Å². The van der Waals surface area contributed by atoms with Crippen molar-refractivity contribution < 1.29 is 4.43 Å². The van der Waals surface area contributed by atoms with Crippen molar-refractivity contribution in [3.8, 4) is 18.1 Å². The zero-order valence-corrected chi connectivity index (χ0v) is 15.0. The van der Waals surface area contributed by atoms with Crippen LogP contribution < -0.4 is 4.43 Å². The topological polar surface area (TPSA) is 22.1 Å². The van der Waals surface area contributed by atoms with Crippen LogP contribution in [0.1, 0.15) is 25.8 Å². The van der Waals surface area contributed by atoms with E-state index in [2.05, 4.69) is 50.8 Å². The van der Waals surface area contributed by atoms with Crippen LogP contribution in [0.2, 0.25) is 18.1 Å². The summed E-state index contributed by atoms with van der Waals surface area (Å²) in [6.45, 7) is 11.2. The molecular weight excluding hydrogens is 294 g/mol. The molecule has 1 aromatic heterocycles. The number of benzene rings is 1. The van der Waals surface area contributed by atoms with Crippen molar-refractivity contribution in [2.24, 2.45) is 0 Å². The lowest BCUT2D eigenvalue weighted by Gasteiger charge is -2.36. The van der Waals surface area contributed by atoms with Gasteiger partial charge in [0.05, 0.1) is 10.2 Å². The van der Waals surface area contributed by atoms with Crippen molar-refractivity contribution in [1.29, 1.82) is 0 Å². The van der Waals surface area contributed by atoms with E-state index in [1.807, 2.05) is 18.2 Å². The number of fused-ring (bicyclic) bond motifs is 1. The quantitative estimate of drug-likeness (QED) is 0.564. The Labute approximate surface area is 132 Å². The van der Waals surface area contributed by atoms with Crippen LogP contribution in [-0.2, 0) is 0 Å². The van der Waals surface area contributed by atoms with Gasteiger partial charge >= 0.3 is 0 Å². The number of terminal acetylenes is 1. The number of rotatable bonds is 3. The highest BCUT2D eigenvalue weighted by molar-refractivity contribution is 7.19. The summed E-state index contributed by atoms with van der Waals surface area (Å²) in [5.74, 6) is 3.42. The first-order valence-electron chi connectivity index (χ1n) is 6.95. The molecule has 2 aromatic rings. The first-order valence-corrected chi connectivity index (χ1v) is 10.7. The van der Waals surface area contributed by atoms with Crippen LogP contribution >= 0.6 is 11.3 Å². The highest BCUT2D eigenvalue weighted by atomic mass is 32.1. The van der Waals surface area contributed by atoms with E-state index in [0.29, 0.717) is 0 Å². The Morgan fingerprint density at radius 2 is 2.05 bits per heavy atom. The van der Waals surface area contributed by atoms with Gasteiger partial charge in [-0.25, -0.2) is 4.98 Å². The maximum absolute atomic E-state index is 6.33. The van der Waals surface area contributed by atoms with E-state index >= 15 is 0 Å². The lowest BCUT2D eigenvalue weighted by atomic mass is 10.2. The molecule has 0 saturated carbocycles. The van der Waals surface area contributed by atoms with Gasteiger partial charge in [0.25, 0.3) is 0 Å². The minimum absolute atomic E-state index is 0.191.